The van der Waals surface area contributed by atoms with Crippen LogP contribution in [0.2, 0.25) is 0 Å². The van der Waals surface area contributed by atoms with Gasteiger partial charge < -0.3 is 5.11 Å². The standard InChI is InChI=1S/C14H19FO/c1-9-6-12(15)7-10(2)14(9)13(16)8-11-4-3-5-11/h6-7,11,13,16H,3-5,8H2,1-2H3. The summed E-state index contributed by atoms with van der Waals surface area (Å²) in [6.07, 6.45) is 4.16. The Balaban J connectivity index is 2.17. The highest BCUT2D eigenvalue weighted by Gasteiger charge is 2.23. The van der Waals surface area contributed by atoms with Crippen LogP contribution in [-0.4, -0.2) is 5.11 Å². The summed E-state index contributed by atoms with van der Waals surface area (Å²) in [4.78, 5) is 0. The lowest BCUT2D eigenvalue weighted by molar-refractivity contribution is 0.117. The number of halogens is 1. The molecule has 1 aromatic rings. The van der Waals surface area contributed by atoms with E-state index in [2.05, 4.69) is 0 Å². The van der Waals surface area contributed by atoms with E-state index in [4.69, 9.17) is 0 Å². The fraction of sp³-hybridized carbons (Fsp3) is 0.571. The molecular formula is C14H19FO. The summed E-state index contributed by atoms with van der Waals surface area (Å²) in [6.45, 7) is 3.74. The molecule has 0 amide bonds. The summed E-state index contributed by atoms with van der Waals surface area (Å²) in [5.41, 5.74) is 2.65. The second kappa shape index (κ2) is 4.54. The van der Waals surface area contributed by atoms with Crippen molar-refractivity contribution in [1.82, 2.24) is 0 Å². The number of rotatable bonds is 3. The zero-order chi connectivity index (χ0) is 11.7. The first-order valence-corrected chi connectivity index (χ1v) is 6.02. The van der Waals surface area contributed by atoms with Gasteiger partial charge in [0.15, 0.2) is 0 Å². The molecule has 1 nitrogen and oxygen atoms in total. The second-order valence-corrected chi connectivity index (χ2v) is 5.00. The normalized spacial score (nSPS) is 18.2. The smallest absolute Gasteiger partial charge is 0.123 e. The SMILES string of the molecule is Cc1cc(F)cc(C)c1C(O)CC1CCC1. The lowest BCUT2D eigenvalue weighted by Crippen LogP contribution is -2.16. The molecule has 0 aromatic heterocycles. The van der Waals surface area contributed by atoms with E-state index in [1.807, 2.05) is 13.8 Å². The van der Waals surface area contributed by atoms with Crippen LogP contribution in [0.4, 0.5) is 4.39 Å². The van der Waals surface area contributed by atoms with Crippen LogP contribution >= 0.6 is 0 Å². The van der Waals surface area contributed by atoms with Crippen LogP contribution in [0.5, 0.6) is 0 Å². The van der Waals surface area contributed by atoms with Crippen molar-refractivity contribution in [2.75, 3.05) is 0 Å². The Labute approximate surface area is 96.3 Å². The molecule has 2 heteroatoms. The average Bonchev–Trinajstić information content (AvgIpc) is 2.09. The molecular weight excluding hydrogens is 203 g/mol. The van der Waals surface area contributed by atoms with E-state index >= 15 is 0 Å². The van der Waals surface area contributed by atoms with E-state index in [-0.39, 0.29) is 5.82 Å². The molecule has 0 heterocycles. The minimum Gasteiger partial charge on any atom is -0.388 e. The number of aliphatic hydroxyl groups is 1. The molecule has 1 N–H and O–H groups in total. The minimum absolute atomic E-state index is 0.213. The van der Waals surface area contributed by atoms with Crippen LogP contribution in [0.15, 0.2) is 12.1 Å². The summed E-state index contributed by atoms with van der Waals surface area (Å²) >= 11 is 0. The monoisotopic (exact) mass is 222 g/mol. The Bertz CT molecular complexity index is 359. The number of hydrogen-bond donors (Lipinski definition) is 1. The molecule has 0 bridgehead atoms. The maximum absolute atomic E-state index is 13.1. The van der Waals surface area contributed by atoms with Gasteiger partial charge in [0, 0.05) is 0 Å². The molecule has 16 heavy (non-hydrogen) atoms. The molecule has 1 aliphatic rings. The molecule has 0 radical (unpaired) electrons. The number of hydrogen-bond acceptors (Lipinski definition) is 1. The predicted octanol–water partition coefficient (Wildman–Crippen LogP) is 3.67. The Morgan fingerprint density at radius 3 is 2.31 bits per heavy atom. The van der Waals surface area contributed by atoms with Crippen molar-refractivity contribution in [3.63, 3.8) is 0 Å². The van der Waals surface area contributed by atoms with Crippen molar-refractivity contribution < 1.29 is 9.50 Å². The first-order chi connectivity index (χ1) is 7.58. The Morgan fingerprint density at radius 1 is 1.31 bits per heavy atom. The third-order valence-corrected chi connectivity index (χ3v) is 3.67. The number of aliphatic hydroxyl groups excluding tert-OH is 1. The van der Waals surface area contributed by atoms with Gasteiger partial charge in [0.1, 0.15) is 5.82 Å². The molecule has 0 aliphatic heterocycles. The Kier molecular flexibility index (Phi) is 3.29. The average molecular weight is 222 g/mol. The van der Waals surface area contributed by atoms with Crippen molar-refractivity contribution in [2.24, 2.45) is 5.92 Å². The maximum atomic E-state index is 13.1. The van der Waals surface area contributed by atoms with Gasteiger partial charge in [-0.3, -0.25) is 0 Å². The molecule has 1 fully saturated rings. The largest absolute Gasteiger partial charge is 0.388 e. The van der Waals surface area contributed by atoms with Gasteiger partial charge in [0.2, 0.25) is 0 Å². The van der Waals surface area contributed by atoms with Gasteiger partial charge in [0.05, 0.1) is 6.10 Å². The zero-order valence-electron chi connectivity index (χ0n) is 9.96. The third-order valence-electron chi connectivity index (χ3n) is 3.67. The highest BCUT2D eigenvalue weighted by atomic mass is 19.1. The van der Waals surface area contributed by atoms with Gasteiger partial charge in [-0.25, -0.2) is 4.39 Å². The summed E-state index contributed by atoms with van der Waals surface area (Å²) < 4.78 is 13.1. The van der Waals surface area contributed by atoms with Gasteiger partial charge in [-0.1, -0.05) is 19.3 Å². The third kappa shape index (κ3) is 2.27. The summed E-state index contributed by atoms with van der Waals surface area (Å²) in [6, 6.07) is 3.01. The highest BCUT2D eigenvalue weighted by molar-refractivity contribution is 5.36. The molecule has 0 saturated heterocycles. The summed E-state index contributed by atoms with van der Waals surface area (Å²) in [5.74, 6) is 0.452. The van der Waals surface area contributed by atoms with Gasteiger partial charge in [0.25, 0.3) is 0 Å². The predicted molar refractivity (Wildman–Crippen MR) is 62.8 cm³/mol. The van der Waals surface area contributed by atoms with Gasteiger partial charge in [-0.15, -0.1) is 0 Å². The van der Waals surface area contributed by atoms with Gasteiger partial charge in [-0.2, -0.15) is 0 Å². The van der Waals surface area contributed by atoms with Gasteiger partial charge >= 0.3 is 0 Å². The summed E-state index contributed by atoms with van der Waals surface area (Å²) in [7, 11) is 0. The van der Waals surface area contributed by atoms with Crippen LogP contribution < -0.4 is 0 Å². The minimum atomic E-state index is -0.425. The molecule has 0 spiro atoms. The number of benzene rings is 1. The Morgan fingerprint density at radius 2 is 1.88 bits per heavy atom. The summed E-state index contributed by atoms with van der Waals surface area (Å²) in [5, 5.41) is 10.2. The van der Waals surface area contributed by atoms with Crippen molar-refractivity contribution in [3.05, 3.63) is 34.6 Å². The maximum Gasteiger partial charge on any atom is 0.123 e. The Hall–Kier alpha value is -0.890. The van der Waals surface area contributed by atoms with Crippen molar-refractivity contribution >= 4 is 0 Å². The second-order valence-electron chi connectivity index (χ2n) is 5.00. The van der Waals surface area contributed by atoms with Crippen molar-refractivity contribution in [3.8, 4) is 0 Å². The quantitative estimate of drug-likeness (QED) is 0.827. The van der Waals surface area contributed by atoms with Crippen LogP contribution in [0.3, 0.4) is 0 Å². The van der Waals surface area contributed by atoms with Crippen LogP contribution in [-0.2, 0) is 0 Å². The van der Waals surface area contributed by atoms with E-state index in [1.54, 1.807) is 0 Å². The van der Waals surface area contributed by atoms with Crippen LogP contribution in [0.1, 0.15) is 48.5 Å². The molecule has 2 rings (SSSR count). The molecule has 1 unspecified atom stereocenters. The first kappa shape index (κ1) is 11.6. The fourth-order valence-corrected chi connectivity index (χ4v) is 2.61. The van der Waals surface area contributed by atoms with E-state index in [0.717, 1.165) is 23.1 Å². The van der Waals surface area contributed by atoms with Gasteiger partial charge in [-0.05, 0) is 55.0 Å². The lowest BCUT2D eigenvalue weighted by atomic mass is 9.79. The first-order valence-electron chi connectivity index (χ1n) is 6.02. The van der Waals surface area contributed by atoms with Crippen LogP contribution in [0.25, 0.3) is 0 Å². The number of aryl methyl sites for hydroxylation is 2. The van der Waals surface area contributed by atoms with E-state index in [0.29, 0.717) is 5.92 Å². The van der Waals surface area contributed by atoms with Crippen molar-refractivity contribution in [2.45, 2.75) is 45.6 Å². The van der Waals surface area contributed by atoms with E-state index in [9.17, 15) is 9.50 Å². The topological polar surface area (TPSA) is 20.2 Å². The van der Waals surface area contributed by atoms with Crippen molar-refractivity contribution in [1.29, 1.82) is 0 Å². The van der Waals surface area contributed by atoms with E-state index < -0.39 is 6.10 Å². The van der Waals surface area contributed by atoms with E-state index in [1.165, 1.54) is 31.4 Å². The van der Waals surface area contributed by atoms with Crippen LogP contribution in [0, 0.1) is 25.6 Å². The lowest BCUT2D eigenvalue weighted by Gasteiger charge is -2.28. The molecule has 1 atom stereocenters. The molecule has 88 valence electrons. The molecule has 1 saturated carbocycles. The molecule has 1 aromatic carbocycles. The zero-order valence-corrected chi connectivity index (χ0v) is 9.96. The molecule has 1 aliphatic carbocycles. The highest BCUT2D eigenvalue weighted by Crippen LogP contribution is 2.36. The fourth-order valence-electron chi connectivity index (χ4n) is 2.61.